The molecule has 6 heteroatoms. The van der Waals surface area contributed by atoms with Crippen LogP contribution in [0.3, 0.4) is 0 Å². The van der Waals surface area contributed by atoms with Crippen molar-refractivity contribution >= 4 is 15.8 Å². The lowest BCUT2D eigenvalue weighted by molar-refractivity contribution is -0.150. The first-order valence-corrected chi connectivity index (χ1v) is 7.88. The zero-order valence-electron chi connectivity index (χ0n) is 10.7. The largest absolute Gasteiger partial charge is 0.465 e. The van der Waals surface area contributed by atoms with Crippen LogP contribution in [0, 0.1) is 12.3 Å². The van der Waals surface area contributed by atoms with Crippen LogP contribution in [-0.4, -0.2) is 44.6 Å². The van der Waals surface area contributed by atoms with Crippen LogP contribution < -0.4 is 5.32 Å². The average molecular weight is 273 g/mol. The molecule has 0 aromatic carbocycles. The number of carbonyl (C=O) groups is 1. The molecule has 5 nitrogen and oxygen atoms in total. The van der Waals surface area contributed by atoms with Gasteiger partial charge in [0.1, 0.15) is 5.54 Å². The van der Waals surface area contributed by atoms with Crippen molar-refractivity contribution in [2.24, 2.45) is 0 Å². The van der Waals surface area contributed by atoms with E-state index in [1.54, 1.807) is 6.92 Å². The van der Waals surface area contributed by atoms with Crippen molar-refractivity contribution < 1.29 is 17.9 Å². The quantitative estimate of drug-likeness (QED) is 0.568. The topological polar surface area (TPSA) is 72.5 Å². The molecule has 0 aromatic heterocycles. The summed E-state index contributed by atoms with van der Waals surface area (Å²) in [4.78, 5) is 12.1. The number of nitrogens with one attached hydrogen (secondary N) is 1. The minimum absolute atomic E-state index is 0.144. The van der Waals surface area contributed by atoms with Gasteiger partial charge in [-0.1, -0.05) is 5.92 Å². The number of terminal acetylenes is 1. The normalized spacial score (nSPS) is 27.7. The lowest BCUT2D eigenvalue weighted by Crippen LogP contribution is -2.60. The molecule has 0 amide bonds. The van der Waals surface area contributed by atoms with E-state index in [9.17, 15) is 13.2 Å². The summed E-state index contributed by atoms with van der Waals surface area (Å²) in [5.41, 5.74) is -1.18. The fourth-order valence-electron chi connectivity index (χ4n) is 2.53. The van der Waals surface area contributed by atoms with Crippen LogP contribution >= 0.6 is 0 Å². The third kappa shape index (κ3) is 2.85. The van der Waals surface area contributed by atoms with Gasteiger partial charge in [-0.25, -0.2) is 8.42 Å². The van der Waals surface area contributed by atoms with Crippen LogP contribution in [0.25, 0.3) is 0 Å². The standard InChI is InChI=1S/C12H19NO4S/c1-4-9-13-12(11(14)17-5-2)8-6-7-10(12)18(3,15)16/h1,10,13H,5-9H2,2-3H3. The van der Waals surface area contributed by atoms with Crippen LogP contribution in [-0.2, 0) is 19.4 Å². The molecule has 0 bridgehead atoms. The number of rotatable bonds is 5. The fraction of sp³-hybridized carbons (Fsp3) is 0.750. The molecular weight excluding hydrogens is 254 g/mol. The predicted molar refractivity (Wildman–Crippen MR) is 68.7 cm³/mol. The summed E-state index contributed by atoms with van der Waals surface area (Å²) < 4.78 is 28.7. The Morgan fingerprint density at radius 2 is 2.28 bits per heavy atom. The lowest BCUT2D eigenvalue weighted by Gasteiger charge is -2.32. The van der Waals surface area contributed by atoms with Gasteiger partial charge in [0.05, 0.1) is 18.4 Å². The molecule has 1 rings (SSSR count). The summed E-state index contributed by atoms with van der Waals surface area (Å²) >= 11 is 0. The molecule has 2 atom stereocenters. The average Bonchev–Trinajstić information content (AvgIpc) is 2.71. The van der Waals surface area contributed by atoms with Gasteiger partial charge in [0.15, 0.2) is 9.84 Å². The van der Waals surface area contributed by atoms with Gasteiger partial charge in [0, 0.05) is 6.26 Å². The number of esters is 1. The van der Waals surface area contributed by atoms with Crippen molar-refractivity contribution in [3.63, 3.8) is 0 Å². The van der Waals surface area contributed by atoms with Crippen molar-refractivity contribution in [2.45, 2.75) is 37.0 Å². The number of sulfone groups is 1. The molecule has 0 aliphatic heterocycles. The molecule has 0 saturated heterocycles. The lowest BCUT2D eigenvalue weighted by atomic mass is 9.97. The van der Waals surface area contributed by atoms with Crippen molar-refractivity contribution in [3.8, 4) is 12.3 Å². The van der Waals surface area contributed by atoms with E-state index in [4.69, 9.17) is 11.2 Å². The first-order valence-electron chi connectivity index (χ1n) is 5.93. The summed E-state index contributed by atoms with van der Waals surface area (Å²) in [5.74, 6) is 1.85. The molecule has 0 heterocycles. The van der Waals surface area contributed by atoms with E-state index in [-0.39, 0.29) is 13.2 Å². The van der Waals surface area contributed by atoms with Crippen LogP contribution in [0.5, 0.6) is 0 Å². The SMILES string of the molecule is C#CCNC1(C(=O)OCC)CCCC1S(C)(=O)=O. The maximum atomic E-state index is 12.1. The highest BCUT2D eigenvalue weighted by molar-refractivity contribution is 7.91. The van der Waals surface area contributed by atoms with E-state index in [1.165, 1.54) is 0 Å². The second kappa shape index (κ2) is 5.72. The highest BCUT2D eigenvalue weighted by Gasteiger charge is 2.54. The molecule has 1 saturated carbocycles. The Balaban J connectivity index is 3.11. The minimum atomic E-state index is -3.34. The van der Waals surface area contributed by atoms with Crippen molar-refractivity contribution in [2.75, 3.05) is 19.4 Å². The summed E-state index contributed by atoms with van der Waals surface area (Å²) in [6.07, 6.45) is 7.88. The van der Waals surface area contributed by atoms with Gasteiger partial charge in [0.2, 0.25) is 0 Å². The highest BCUT2D eigenvalue weighted by atomic mass is 32.2. The number of hydrogen-bond donors (Lipinski definition) is 1. The highest BCUT2D eigenvalue weighted by Crippen LogP contribution is 2.35. The van der Waals surface area contributed by atoms with Crippen LogP contribution in [0.1, 0.15) is 26.2 Å². The maximum absolute atomic E-state index is 12.1. The summed E-state index contributed by atoms with van der Waals surface area (Å²) in [7, 11) is -3.34. The Morgan fingerprint density at radius 3 is 2.78 bits per heavy atom. The Hall–Kier alpha value is -1.06. The first-order chi connectivity index (χ1) is 8.38. The molecule has 2 unspecified atom stereocenters. The Kier molecular flexibility index (Phi) is 4.77. The van der Waals surface area contributed by atoms with Crippen molar-refractivity contribution in [1.29, 1.82) is 0 Å². The van der Waals surface area contributed by atoms with Gasteiger partial charge in [0.25, 0.3) is 0 Å². The van der Waals surface area contributed by atoms with Crippen LogP contribution in [0.2, 0.25) is 0 Å². The van der Waals surface area contributed by atoms with Gasteiger partial charge in [-0.2, -0.15) is 0 Å². The van der Waals surface area contributed by atoms with Crippen molar-refractivity contribution in [3.05, 3.63) is 0 Å². The Labute approximate surface area is 108 Å². The second-order valence-electron chi connectivity index (χ2n) is 4.46. The number of ether oxygens (including phenoxy) is 1. The molecular formula is C12H19NO4S. The predicted octanol–water partition coefficient (Wildman–Crippen LogP) is 0.108. The third-order valence-corrected chi connectivity index (χ3v) is 4.92. The van der Waals surface area contributed by atoms with E-state index in [0.29, 0.717) is 19.3 Å². The van der Waals surface area contributed by atoms with E-state index in [0.717, 1.165) is 6.26 Å². The van der Waals surface area contributed by atoms with Gasteiger partial charge in [-0.05, 0) is 26.2 Å². The minimum Gasteiger partial charge on any atom is -0.465 e. The monoisotopic (exact) mass is 273 g/mol. The Morgan fingerprint density at radius 1 is 1.61 bits per heavy atom. The molecule has 1 fully saturated rings. The summed E-state index contributed by atoms with van der Waals surface area (Å²) in [5, 5.41) is 2.13. The summed E-state index contributed by atoms with van der Waals surface area (Å²) in [6, 6.07) is 0. The van der Waals surface area contributed by atoms with Gasteiger partial charge in [-0.15, -0.1) is 6.42 Å². The second-order valence-corrected chi connectivity index (χ2v) is 6.69. The number of hydrogen-bond acceptors (Lipinski definition) is 5. The fourth-order valence-corrected chi connectivity index (χ4v) is 4.15. The van der Waals surface area contributed by atoms with Crippen LogP contribution in [0.15, 0.2) is 0 Å². The zero-order valence-corrected chi connectivity index (χ0v) is 11.5. The van der Waals surface area contributed by atoms with Gasteiger partial charge in [-0.3, -0.25) is 10.1 Å². The van der Waals surface area contributed by atoms with E-state index >= 15 is 0 Å². The molecule has 102 valence electrons. The van der Waals surface area contributed by atoms with E-state index in [2.05, 4.69) is 11.2 Å². The number of carbonyl (C=O) groups excluding carboxylic acids is 1. The van der Waals surface area contributed by atoms with Gasteiger partial charge < -0.3 is 4.74 Å². The molecule has 1 N–H and O–H groups in total. The van der Waals surface area contributed by atoms with Crippen molar-refractivity contribution in [1.82, 2.24) is 5.32 Å². The molecule has 1 aliphatic rings. The van der Waals surface area contributed by atoms with Crippen LogP contribution in [0.4, 0.5) is 0 Å². The summed E-state index contributed by atoms with van der Waals surface area (Å²) in [6.45, 7) is 2.05. The Bertz CT molecular complexity index is 451. The zero-order chi connectivity index (χ0) is 13.8. The third-order valence-electron chi connectivity index (χ3n) is 3.25. The first kappa shape index (κ1) is 15.0. The molecule has 0 spiro atoms. The molecule has 18 heavy (non-hydrogen) atoms. The molecule has 0 aromatic rings. The molecule has 1 aliphatic carbocycles. The van der Waals surface area contributed by atoms with E-state index < -0.39 is 26.6 Å². The van der Waals surface area contributed by atoms with Gasteiger partial charge >= 0.3 is 5.97 Å². The van der Waals surface area contributed by atoms with E-state index in [1.807, 2.05) is 0 Å². The smallest absolute Gasteiger partial charge is 0.327 e. The molecule has 0 radical (unpaired) electrons. The maximum Gasteiger partial charge on any atom is 0.327 e.